The van der Waals surface area contributed by atoms with E-state index < -0.39 is 17.0 Å². The molecular formula is C15H12BrClF2. The number of benzene rings is 2. The number of hydrogen-bond acceptors (Lipinski definition) is 0. The van der Waals surface area contributed by atoms with Crippen molar-refractivity contribution >= 4 is 27.5 Å². The number of rotatable bonds is 2. The van der Waals surface area contributed by atoms with Crippen LogP contribution < -0.4 is 0 Å². The van der Waals surface area contributed by atoms with E-state index in [9.17, 15) is 8.78 Å². The number of aryl methyl sites for hydroxylation is 2. The van der Waals surface area contributed by atoms with Crippen molar-refractivity contribution in [3.63, 3.8) is 0 Å². The van der Waals surface area contributed by atoms with Gasteiger partial charge >= 0.3 is 0 Å². The molecule has 19 heavy (non-hydrogen) atoms. The molecule has 0 saturated heterocycles. The summed E-state index contributed by atoms with van der Waals surface area (Å²) in [6.07, 6.45) is 0. The normalized spacial score (nSPS) is 12.5. The molecule has 4 heteroatoms. The molecule has 100 valence electrons. The Labute approximate surface area is 124 Å². The van der Waals surface area contributed by atoms with Crippen LogP contribution in [0.25, 0.3) is 0 Å². The highest BCUT2D eigenvalue weighted by Crippen LogP contribution is 2.36. The highest BCUT2D eigenvalue weighted by molar-refractivity contribution is 9.10. The zero-order chi connectivity index (χ0) is 14.2. The van der Waals surface area contributed by atoms with Gasteiger partial charge in [-0.1, -0.05) is 18.2 Å². The molecule has 0 radical (unpaired) electrons. The second-order valence-corrected chi connectivity index (χ2v) is 5.75. The molecule has 0 aliphatic carbocycles. The van der Waals surface area contributed by atoms with Gasteiger partial charge in [-0.25, -0.2) is 8.78 Å². The van der Waals surface area contributed by atoms with Gasteiger partial charge in [0, 0.05) is 5.56 Å². The Morgan fingerprint density at radius 2 is 1.63 bits per heavy atom. The van der Waals surface area contributed by atoms with Crippen molar-refractivity contribution in [1.82, 2.24) is 0 Å². The van der Waals surface area contributed by atoms with Crippen molar-refractivity contribution in [2.24, 2.45) is 0 Å². The highest BCUT2D eigenvalue weighted by Gasteiger charge is 2.20. The monoisotopic (exact) mass is 344 g/mol. The van der Waals surface area contributed by atoms with Gasteiger partial charge in [0.25, 0.3) is 0 Å². The lowest BCUT2D eigenvalue weighted by atomic mass is 9.95. The van der Waals surface area contributed by atoms with Crippen molar-refractivity contribution in [1.29, 1.82) is 0 Å². The Hall–Kier alpha value is -0.930. The van der Waals surface area contributed by atoms with E-state index in [1.807, 2.05) is 32.0 Å². The third-order valence-corrected chi connectivity index (χ3v) is 4.17. The fourth-order valence-electron chi connectivity index (χ4n) is 2.11. The summed E-state index contributed by atoms with van der Waals surface area (Å²) in [6.45, 7) is 3.82. The van der Waals surface area contributed by atoms with E-state index in [-0.39, 0.29) is 10.0 Å². The van der Waals surface area contributed by atoms with E-state index in [0.29, 0.717) is 0 Å². The van der Waals surface area contributed by atoms with Gasteiger partial charge in [-0.05, 0) is 58.6 Å². The molecule has 0 bridgehead atoms. The Morgan fingerprint density at radius 3 is 2.21 bits per heavy atom. The maximum atomic E-state index is 13.9. The average molecular weight is 346 g/mol. The molecule has 2 aromatic rings. The maximum Gasteiger partial charge on any atom is 0.137 e. The number of halogens is 4. The van der Waals surface area contributed by atoms with Gasteiger partial charge in [-0.3, -0.25) is 0 Å². The molecule has 0 N–H and O–H groups in total. The Balaban J connectivity index is 2.56. The van der Waals surface area contributed by atoms with E-state index >= 15 is 0 Å². The van der Waals surface area contributed by atoms with E-state index in [4.69, 9.17) is 11.6 Å². The first kappa shape index (κ1) is 14.5. The van der Waals surface area contributed by atoms with Crippen molar-refractivity contribution in [3.8, 4) is 0 Å². The van der Waals surface area contributed by atoms with Gasteiger partial charge in [0.2, 0.25) is 0 Å². The molecule has 0 aliphatic heterocycles. The van der Waals surface area contributed by atoms with Crippen molar-refractivity contribution in [2.75, 3.05) is 0 Å². The van der Waals surface area contributed by atoms with Gasteiger partial charge < -0.3 is 0 Å². The summed E-state index contributed by atoms with van der Waals surface area (Å²) in [5, 5.41) is -0.705. The molecule has 2 aromatic carbocycles. The third kappa shape index (κ3) is 2.82. The first-order valence-electron chi connectivity index (χ1n) is 5.76. The smallest absolute Gasteiger partial charge is 0.137 e. The summed E-state index contributed by atoms with van der Waals surface area (Å²) in [5.41, 5.74) is 2.90. The van der Waals surface area contributed by atoms with Gasteiger partial charge in [0.05, 0.1) is 9.85 Å². The minimum Gasteiger partial charge on any atom is -0.207 e. The second-order valence-electron chi connectivity index (χ2n) is 4.46. The zero-order valence-corrected chi connectivity index (χ0v) is 12.8. The summed E-state index contributed by atoms with van der Waals surface area (Å²) in [6, 6.07) is 7.97. The topological polar surface area (TPSA) is 0 Å². The highest BCUT2D eigenvalue weighted by atomic mass is 79.9. The average Bonchev–Trinajstić information content (AvgIpc) is 2.33. The van der Waals surface area contributed by atoms with Crippen LogP contribution in [0, 0.1) is 25.5 Å². The van der Waals surface area contributed by atoms with Crippen LogP contribution >= 0.6 is 27.5 Å². The number of hydrogen-bond donors (Lipinski definition) is 0. The molecule has 0 saturated carbocycles. The summed E-state index contributed by atoms with van der Waals surface area (Å²) >= 11 is 9.31. The first-order chi connectivity index (χ1) is 8.91. The van der Waals surface area contributed by atoms with Gasteiger partial charge in [-0.15, -0.1) is 11.6 Å². The molecule has 0 aromatic heterocycles. The third-order valence-electron chi connectivity index (χ3n) is 3.11. The second kappa shape index (κ2) is 5.59. The molecule has 2 rings (SSSR count). The molecule has 0 fully saturated rings. The Bertz CT molecular complexity index is 606. The maximum absolute atomic E-state index is 13.9. The van der Waals surface area contributed by atoms with Crippen LogP contribution in [0.15, 0.2) is 34.8 Å². The van der Waals surface area contributed by atoms with Gasteiger partial charge in [-0.2, -0.15) is 0 Å². The molecule has 1 atom stereocenters. The first-order valence-corrected chi connectivity index (χ1v) is 6.99. The SMILES string of the molecule is Cc1cccc(C)c1C(Cl)c1cc(F)c(Br)cc1F. The van der Waals surface area contributed by atoms with Crippen LogP contribution in [-0.2, 0) is 0 Å². The number of alkyl halides is 1. The molecule has 0 spiro atoms. The minimum atomic E-state index is -0.705. The van der Waals surface area contributed by atoms with Gasteiger partial charge in [0.1, 0.15) is 11.6 Å². The van der Waals surface area contributed by atoms with Gasteiger partial charge in [0.15, 0.2) is 0 Å². The van der Waals surface area contributed by atoms with Crippen LogP contribution in [0.5, 0.6) is 0 Å². The summed E-state index contributed by atoms with van der Waals surface area (Å²) in [4.78, 5) is 0. The van der Waals surface area contributed by atoms with Crippen LogP contribution in [0.3, 0.4) is 0 Å². The molecule has 1 unspecified atom stereocenters. The lowest BCUT2D eigenvalue weighted by molar-refractivity contribution is 0.582. The van der Waals surface area contributed by atoms with Crippen LogP contribution in [0.2, 0.25) is 0 Å². The Kier molecular flexibility index (Phi) is 4.26. The fraction of sp³-hybridized carbons (Fsp3) is 0.200. The van der Waals surface area contributed by atoms with Crippen LogP contribution in [0.4, 0.5) is 8.78 Å². The van der Waals surface area contributed by atoms with Crippen molar-refractivity contribution < 1.29 is 8.78 Å². The fourth-order valence-corrected chi connectivity index (χ4v) is 2.94. The van der Waals surface area contributed by atoms with Crippen molar-refractivity contribution in [3.05, 3.63) is 68.7 Å². The molecule has 0 nitrogen and oxygen atoms in total. The zero-order valence-electron chi connectivity index (χ0n) is 10.5. The predicted octanol–water partition coefficient (Wildman–Crippen LogP) is 5.67. The molecule has 0 heterocycles. The van der Waals surface area contributed by atoms with Crippen molar-refractivity contribution in [2.45, 2.75) is 19.2 Å². The molecule has 0 amide bonds. The van der Waals surface area contributed by atoms with E-state index in [2.05, 4.69) is 15.9 Å². The minimum absolute atomic E-state index is 0.0964. The summed E-state index contributed by atoms with van der Waals surface area (Å²) in [5.74, 6) is -1.04. The molecule has 0 aliphatic rings. The van der Waals surface area contributed by atoms with E-state index in [1.54, 1.807) is 0 Å². The summed E-state index contributed by atoms with van der Waals surface area (Å²) in [7, 11) is 0. The van der Waals surface area contributed by atoms with E-state index in [0.717, 1.165) is 28.8 Å². The predicted molar refractivity (Wildman–Crippen MR) is 77.7 cm³/mol. The quantitative estimate of drug-likeness (QED) is 0.486. The van der Waals surface area contributed by atoms with Crippen LogP contribution in [0.1, 0.15) is 27.6 Å². The lowest BCUT2D eigenvalue weighted by Crippen LogP contribution is -2.03. The Morgan fingerprint density at radius 1 is 1.05 bits per heavy atom. The standard InChI is InChI=1S/C15H12BrClF2/c1-8-4-3-5-9(2)14(8)15(17)10-6-13(19)11(16)7-12(10)18/h3-7,15H,1-2H3. The lowest BCUT2D eigenvalue weighted by Gasteiger charge is -2.17. The van der Waals surface area contributed by atoms with E-state index in [1.165, 1.54) is 0 Å². The van der Waals surface area contributed by atoms with Crippen LogP contribution in [-0.4, -0.2) is 0 Å². The largest absolute Gasteiger partial charge is 0.207 e. The molecular weight excluding hydrogens is 334 g/mol. The summed E-state index contributed by atoms with van der Waals surface area (Å²) < 4.78 is 27.6.